The van der Waals surface area contributed by atoms with Crippen LogP contribution in [0.3, 0.4) is 0 Å². The Morgan fingerprint density at radius 3 is 2.53 bits per heavy atom. The monoisotopic (exact) mass is 360 g/mol. The molecule has 0 fully saturated rings. The van der Waals surface area contributed by atoms with Crippen LogP contribution in [-0.2, 0) is 10.8 Å². The summed E-state index contributed by atoms with van der Waals surface area (Å²) in [6.45, 7) is 11.5. The van der Waals surface area contributed by atoms with Crippen molar-refractivity contribution < 1.29 is 4.43 Å². The molecule has 1 unspecified atom stereocenters. The zero-order valence-corrected chi connectivity index (χ0v) is 15.7. The first-order valence-electron chi connectivity index (χ1n) is 6.77. The van der Waals surface area contributed by atoms with E-state index in [-0.39, 0.29) is 11.1 Å². The Morgan fingerprint density at radius 2 is 1.95 bits per heavy atom. The highest BCUT2D eigenvalue weighted by atomic mass is 79.9. The molecule has 1 nitrogen and oxygen atoms in total. The topological polar surface area (TPSA) is 9.23 Å². The normalized spacial score (nSPS) is 19.6. The average molecular weight is 362 g/mol. The van der Waals surface area contributed by atoms with E-state index in [1.54, 1.807) is 0 Å². The number of rotatable bonds is 2. The molecule has 0 heterocycles. The van der Waals surface area contributed by atoms with Gasteiger partial charge in [0.05, 0.1) is 6.10 Å². The third kappa shape index (κ3) is 3.10. The smallest absolute Gasteiger partial charge is 0.192 e. The lowest BCUT2D eigenvalue weighted by molar-refractivity contribution is 0.184. The summed E-state index contributed by atoms with van der Waals surface area (Å²) in [6, 6.07) is 4.06. The molecule has 4 heteroatoms. The Hall–Kier alpha value is 0.167. The summed E-state index contributed by atoms with van der Waals surface area (Å²) in [4.78, 5) is 0. The number of hydrogen-bond acceptors (Lipinski definition) is 1. The molecule has 0 spiro atoms. The van der Waals surface area contributed by atoms with E-state index in [0.29, 0.717) is 0 Å². The summed E-state index contributed by atoms with van der Waals surface area (Å²) in [7, 11) is -1.73. The summed E-state index contributed by atoms with van der Waals surface area (Å²) in [5.41, 5.74) is 2.65. The molecule has 0 N–H and O–H groups in total. The number of fused-ring (bicyclic) bond motifs is 1. The quantitative estimate of drug-likeness (QED) is 0.577. The van der Waals surface area contributed by atoms with Crippen LogP contribution >= 0.6 is 27.5 Å². The van der Waals surface area contributed by atoms with Gasteiger partial charge in [0.25, 0.3) is 0 Å². The van der Waals surface area contributed by atoms with E-state index in [0.717, 1.165) is 22.3 Å². The zero-order valence-electron chi connectivity index (χ0n) is 12.3. The van der Waals surface area contributed by atoms with Crippen molar-refractivity contribution in [3.63, 3.8) is 0 Å². The minimum Gasteiger partial charge on any atom is -0.410 e. The fraction of sp³-hybridized carbons (Fsp3) is 0.600. The van der Waals surface area contributed by atoms with E-state index < -0.39 is 8.32 Å². The van der Waals surface area contributed by atoms with Crippen molar-refractivity contribution in [2.24, 2.45) is 0 Å². The summed E-state index contributed by atoms with van der Waals surface area (Å²) in [5.74, 6) is 0. The maximum atomic E-state index is 6.58. The van der Waals surface area contributed by atoms with Gasteiger partial charge in [-0.15, -0.1) is 0 Å². The van der Waals surface area contributed by atoms with E-state index in [4.69, 9.17) is 16.0 Å². The first kappa shape index (κ1) is 15.6. The van der Waals surface area contributed by atoms with E-state index in [9.17, 15) is 0 Å². The van der Waals surface area contributed by atoms with E-state index >= 15 is 0 Å². The van der Waals surface area contributed by atoms with Crippen molar-refractivity contribution in [1.82, 2.24) is 0 Å². The van der Waals surface area contributed by atoms with Gasteiger partial charge >= 0.3 is 0 Å². The van der Waals surface area contributed by atoms with Gasteiger partial charge in [-0.2, -0.15) is 0 Å². The van der Waals surface area contributed by atoms with Crippen molar-refractivity contribution in [3.8, 4) is 0 Å². The maximum absolute atomic E-state index is 6.58. The molecular formula is C15H22BrClOSi. The number of halogens is 2. The average Bonchev–Trinajstić information content (AvgIpc) is 2.58. The Kier molecular flexibility index (Phi) is 4.24. The van der Waals surface area contributed by atoms with Gasteiger partial charge in [-0.25, -0.2) is 0 Å². The van der Waals surface area contributed by atoms with Gasteiger partial charge in [-0.1, -0.05) is 48.3 Å². The highest BCUT2D eigenvalue weighted by Crippen LogP contribution is 2.46. The fourth-order valence-electron chi connectivity index (χ4n) is 2.29. The van der Waals surface area contributed by atoms with Gasteiger partial charge in [-0.3, -0.25) is 0 Å². The lowest BCUT2D eigenvalue weighted by Gasteiger charge is -2.38. The van der Waals surface area contributed by atoms with Crippen LogP contribution in [0.25, 0.3) is 0 Å². The lowest BCUT2D eigenvalue weighted by atomic mass is 10.1. The maximum Gasteiger partial charge on any atom is 0.192 e. The van der Waals surface area contributed by atoms with Crippen LogP contribution in [0.4, 0.5) is 0 Å². The van der Waals surface area contributed by atoms with Gasteiger partial charge in [0.2, 0.25) is 0 Å². The number of aryl methyl sites for hydroxylation is 1. The summed E-state index contributed by atoms with van der Waals surface area (Å²) >= 11 is 9.77. The van der Waals surface area contributed by atoms with Gasteiger partial charge < -0.3 is 4.43 Å². The van der Waals surface area contributed by atoms with Gasteiger partial charge in [-0.05, 0) is 54.2 Å². The third-order valence-corrected chi connectivity index (χ3v) is 9.78. The molecule has 0 saturated carbocycles. The van der Waals surface area contributed by atoms with Crippen molar-refractivity contribution in [3.05, 3.63) is 32.8 Å². The highest BCUT2D eigenvalue weighted by Gasteiger charge is 2.41. The third-order valence-electron chi connectivity index (χ3n) is 4.42. The highest BCUT2D eigenvalue weighted by molar-refractivity contribution is 9.10. The van der Waals surface area contributed by atoms with E-state index in [2.05, 4.69) is 55.9 Å². The first-order chi connectivity index (χ1) is 8.62. The van der Waals surface area contributed by atoms with Crippen molar-refractivity contribution in [2.45, 2.75) is 57.8 Å². The van der Waals surface area contributed by atoms with Crippen molar-refractivity contribution in [2.75, 3.05) is 0 Å². The molecule has 1 aromatic carbocycles. The summed E-state index contributed by atoms with van der Waals surface area (Å²) in [6.07, 6.45) is 2.36. The van der Waals surface area contributed by atoms with Crippen LogP contribution in [0.15, 0.2) is 16.6 Å². The van der Waals surface area contributed by atoms with Crippen LogP contribution in [0.2, 0.25) is 23.2 Å². The molecule has 0 aliphatic heterocycles. The second-order valence-electron chi connectivity index (χ2n) is 6.87. The molecule has 1 atom stereocenters. The molecule has 19 heavy (non-hydrogen) atoms. The zero-order chi connectivity index (χ0) is 14.4. The first-order valence-corrected chi connectivity index (χ1v) is 10.9. The molecule has 1 aromatic rings. The van der Waals surface area contributed by atoms with Crippen LogP contribution in [0.5, 0.6) is 0 Å². The van der Waals surface area contributed by atoms with E-state index in [1.165, 1.54) is 11.1 Å². The fourth-order valence-corrected chi connectivity index (χ4v) is 4.72. The molecule has 0 radical (unpaired) electrons. The van der Waals surface area contributed by atoms with Crippen molar-refractivity contribution in [1.29, 1.82) is 0 Å². The van der Waals surface area contributed by atoms with Crippen molar-refractivity contribution >= 4 is 35.8 Å². The Balaban J connectivity index is 2.29. The van der Waals surface area contributed by atoms with E-state index in [1.807, 2.05) is 6.07 Å². The predicted molar refractivity (Wildman–Crippen MR) is 88.5 cm³/mol. The Labute approximate surface area is 130 Å². The van der Waals surface area contributed by atoms with Gasteiger partial charge in [0.1, 0.15) is 0 Å². The van der Waals surface area contributed by atoms with Gasteiger partial charge in [0, 0.05) is 9.50 Å². The van der Waals surface area contributed by atoms with Crippen LogP contribution in [0.1, 0.15) is 44.4 Å². The molecule has 0 bridgehead atoms. The minimum absolute atomic E-state index is 0.225. The summed E-state index contributed by atoms with van der Waals surface area (Å²) < 4.78 is 7.67. The second-order valence-corrected chi connectivity index (χ2v) is 12.9. The molecule has 1 aliphatic carbocycles. The molecule has 0 aromatic heterocycles. The SMILES string of the molecule is CC(C)(C)[Si](C)(C)OC1CCc2cc(Cl)cc(Br)c21. The molecule has 0 amide bonds. The second kappa shape index (κ2) is 5.17. The molecule has 2 rings (SSSR count). The molecular weight excluding hydrogens is 340 g/mol. The molecule has 1 aliphatic rings. The Bertz CT molecular complexity index is 494. The lowest BCUT2D eigenvalue weighted by Crippen LogP contribution is -2.41. The largest absolute Gasteiger partial charge is 0.410 e. The van der Waals surface area contributed by atoms with Crippen LogP contribution in [0, 0.1) is 0 Å². The van der Waals surface area contributed by atoms with Gasteiger partial charge in [0.15, 0.2) is 8.32 Å². The number of hydrogen-bond donors (Lipinski definition) is 0. The van der Waals surface area contributed by atoms with Crippen LogP contribution in [-0.4, -0.2) is 8.32 Å². The number of benzene rings is 1. The standard InChI is InChI=1S/C15H22BrClOSi/c1-15(2,3)19(4,5)18-13-7-6-10-8-11(17)9-12(16)14(10)13/h8-9,13H,6-7H2,1-5H3. The predicted octanol–water partition coefficient (Wildman–Crippen LogP) is 6.11. The minimum atomic E-state index is -1.73. The molecule has 0 saturated heterocycles. The van der Waals surface area contributed by atoms with Crippen LogP contribution < -0.4 is 0 Å². The Morgan fingerprint density at radius 1 is 1.32 bits per heavy atom. The summed E-state index contributed by atoms with van der Waals surface area (Å²) in [5, 5.41) is 1.05. The molecule has 106 valence electrons.